The number of thiophene rings is 1. The lowest BCUT2D eigenvalue weighted by molar-refractivity contribution is 0.0602. The van der Waals surface area contributed by atoms with E-state index in [1.165, 1.54) is 7.11 Å². The first kappa shape index (κ1) is 15.0. The fraction of sp³-hybridized carbons (Fsp3) is 0.615. The molecule has 0 radical (unpaired) electrons. The van der Waals surface area contributed by atoms with Gasteiger partial charge in [-0.3, -0.25) is 0 Å². The molecule has 0 amide bonds. The molecule has 0 spiro atoms. The topological polar surface area (TPSA) is 81.7 Å². The van der Waals surface area contributed by atoms with Gasteiger partial charge in [-0.15, -0.1) is 11.3 Å². The quantitative estimate of drug-likeness (QED) is 0.844. The fourth-order valence-electron chi connectivity index (χ4n) is 3.02. The summed E-state index contributed by atoms with van der Waals surface area (Å²) in [5.74, 6) is -0.627. The average molecular weight is 331 g/mol. The molecule has 2 bridgehead atoms. The number of carbonyl (C=O) groups excluding carboxylic acids is 1. The molecule has 1 N–H and O–H groups in total. The van der Waals surface area contributed by atoms with Crippen molar-refractivity contribution < 1.29 is 22.7 Å². The third-order valence-electron chi connectivity index (χ3n) is 3.97. The van der Waals surface area contributed by atoms with E-state index in [1.807, 2.05) is 0 Å². The molecular weight excluding hydrogens is 314 g/mol. The Morgan fingerprint density at radius 3 is 2.81 bits per heavy atom. The van der Waals surface area contributed by atoms with Gasteiger partial charge in [0.2, 0.25) is 10.0 Å². The minimum absolute atomic E-state index is 0.0297. The Labute approximate surface area is 127 Å². The minimum atomic E-state index is -3.76. The van der Waals surface area contributed by atoms with Gasteiger partial charge >= 0.3 is 5.97 Å². The highest BCUT2D eigenvalue weighted by Gasteiger charge is 2.43. The summed E-state index contributed by atoms with van der Waals surface area (Å²) in [5.41, 5.74) is 0.553. The van der Waals surface area contributed by atoms with Gasteiger partial charge in [-0.1, -0.05) is 0 Å². The van der Waals surface area contributed by atoms with Crippen molar-refractivity contribution in [2.24, 2.45) is 0 Å². The van der Waals surface area contributed by atoms with E-state index in [0.717, 1.165) is 24.2 Å². The van der Waals surface area contributed by atoms with Crippen molar-refractivity contribution in [3.05, 3.63) is 15.8 Å². The number of hydrogen-bond donors (Lipinski definition) is 1. The Balaban J connectivity index is 1.88. The number of rotatable bonds is 4. The Bertz CT molecular complexity index is 666. The maximum absolute atomic E-state index is 12.6. The van der Waals surface area contributed by atoms with Gasteiger partial charge in [0.05, 0.1) is 25.4 Å². The molecule has 2 fully saturated rings. The molecule has 0 aromatic carbocycles. The number of aryl methyl sites for hydroxylation is 1. The van der Waals surface area contributed by atoms with Crippen molar-refractivity contribution in [2.45, 2.75) is 49.3 Å². The molecule has 1 aromatic heterocycles. The molecule has 3 atom stereocenters. The third kappa shape index (κ3) is 2.61. The Hall–Kier alpha value is -0.960. The summed E-state index contributed by atoms with van der Waals surface area (Å²) in [6.45, 7) is 1.68. The number of methoxy groups -OCH3 is 1. The van der Waals surface area contributed by atoms with Crippen LogP contribution in [-0.4, -0.2) is 39.7 Å². The number of carbonyl (C=O) groups is 1. The second-order valence-corrected chi connectivity index (χ2v) is 7.94. The molecule has 21 heavy (non-hydrogen) atoms. The lowest BCUT2D eigenvalue weighted by atomic mass is 9.96. The molecule has 2 aliphatic heterocycles. The maximum Gasteiger partial charge on any atom is 0.349 e. The molecule has 6 nitrogen and oxygen atoms in total. The number of ether oxygens (including phenoxy) is 2. The standard InChI is InChI=1S/C13H17NO5S2/c1-7-6-20-11(13(15)18-2)12(7)21(16,17)14-9-5-8-3-4-10(9)19-8/h6,8-10,14H,3-5H2,1-2H3/t8-,9+,10-/m1/s1. The normalized spacial score (nSPS) is 28.0. The highest BCUT2D eigenvalue weighted by molar-refractivity contribution is 7.89. The largest absolute Gasteiger partial charge is 0.465 e. The molecule has 1 aromatic rings. The van der Waals surface area contributed by atoms with Crippen LogP contribution in [0.1, 0.15) is 34.5 Å². The van der Waals surface area contributed by atoms with Crippen LogP contribution in [0.15, 0.2) is 10.3 Å². The fourth-order valence-corrected chi connectivity index (χ4v) is 6.00. The predicted octanol–water partition coefficient (Wildman–Crippen LogP) is 1.44. The second-order valence-electron chi connectivity index (χ2n) is 5.41. The van der Waals surface area contributed by atoms with E-state index < -0.39 is 16.0 Å². The number of esters is 1. The zero-order chi connectivity index (χ0) is 15.2. The number of nitrogens with one attached hydrogen (secondary N) is 1. The molecule has 0 unspecified atom stereocenters. The molecule has 3 rings (SSSR count). The SMILES string of the molecule is COC(=O)c1scc(C)c1S(=O)(=O)N[C@H]1C[C@H]2CC[C@H]1O2. The van der Waals surface area contributed by atoms with E-state index >= 15 is 0 Å². The first-order valence-electron chi connectivity index (χ1n) is 6.76. The molecule has 116 valence electrons. The molecule has 0 aliphatic carbocycles. The highest BCUT2D eigenvalue weighted by atomic mass is 32.2. The zero-order valence-electron chi connectivity index (χ0n) is 11.8. The van der Waals surface area contributed by atoms with E-state index in [0.29, 0.717) is 12.0 Å². The molecular formula is C13H17NO5S2. The lowest BCUT2D eigenvalue weighted by Gasteiger charge is -2.20. The van der Waals surface area contributed by atoms with E-state index in [4.69, 9.17) is 4.74 Å². The first-order valence-corrected chi connectivity index (χ1v) is 9.13. The number of fused-ring (bicyclic) bond motifs is 2. The van der Waals surface area contributed by atoms with Crippen LogP contribution in [0.5, 0.6) is 0 Å². The van der Waals surface area contributed by atoms with Gasteiger partial charge in [0.15, 0.2) is 0 Å². The van der Waals surface area contributed by atoms with Gasteiger partial charge in [0, 0.05) is 0 Å². The molecule has 3 heterocycles. The van der Waals surface area contributed by atoms with Crippen molar-refractivity contribution in [3.63, 3.8) is 0 Å². The highest BCUT2D eigenvalue weighted by Crippen LogP contribution is 2.36. The van der Waals surface area contributed by atoms with E-state index in [1.54, 1.807) is 12.3 Å². The molecule has 2 aliphatic rings. The predicted molar refractivity (Wildman–Crippen MR) is 77.0 cm³/mol. The first-order chi connectivity index (χ1) is 9.92. The Morgan fingerprint density at radius 2 is 2.24 bits per heavy atom. The van der Waals surface area contributed by atoms with E-state index in [2.05, 4.69) is 9.46 Å². The Morgan fingerprint density at radius 1 is 1.48 bits per heavy atom. The van der Waals surface area contributed by atoms with Crippen molar-refractivity contribution >= 4 is 27.3 Å². The van der Waals surface area contributed by atoms with E-state index in [-0.39, 0.29) is 28.0 Å². The van der Waals surface area contributed by atoms with Gasteiger partial charge < -0.3 is 9.47 Å². The summed E-state index contributed by atoms with van der Waals surface area (Å²) in [7, 11) is -2.52. The average Bonchev–Trinajstić information content (AvgIpc) is 3.12. The van der Waals surface area contributed by atoms with Crippen LogP contribution in [0.4, 0.5) is 0 Å². The summed E-state index contributed by atoms with van der Waals surface area (Å²) in [6.07, 6.45) is 2.68. The van der Waals surface area contributed by atoms with Gasteiger partial charge in [-0.2, -0.15) is 0 Å². The summed E-state index contributed by atoms with van der Waals surface area (Å²) in [5, 5.41) is 1.65. The van der Waals surface area contributed by atoms with Gasteiger partial charge in [-0.05, 0) is 37.1 Å². The summed E-state index contributed by atoms with van der Waals surface area (Å²) >= 11 is 1.08. The molecule has 0 saturated carbocycles. The summed E-state index contributed by atoms with van der Waals surface area (Å²) in [6, 6.07) is -0.210. The van der Waals surface area contributed by atoms with Gasteiger partial charge in [0.1, 0.15) is 9.77 Å². The van der Waals surface area contributed by atoms with Gasteiger partial charge in [-0.25, -0.2) is 17.9 Å². The third-order valence-corrected chi connectivity index (χ3v) is 6.85. The summed E-state index contributed by atoms with van der Waals surface area (Å²) in [4.78, 5) is 11.9. The van der Waals surface area contributed by atoms with Crippen LogP contribution in [-0.2, 0) is 19.5 Å². The monoisotopic (exact) mass is 331 g/mol. The minimum Gasteiger partial charge on any atom is -0.465 e. The zero-order valence-corrected chi connectivity index (χ0v) is 13.4. The van der Waals surface area contributed by atoms with Gasteiger partial charge in [0.25, 0.3) is 0 Å². The van der Waals surface area contributed by atoms with Crippen molar-refractivity contribution in [1.29, 1.82) is 0 Å². The van der Waals surface area contributed by atoms with E-state index in [9.17, 15) is 13.2 Å². The smallest absolute Gasteiger partial charge is 0.349 e. The van der Waals surface area contributed by atoms with Crippen LogP contribution in [0.2, 0.25) is 0 Å². The second kappa shape index (κ2) is 5.35. The van der Waals surface area contributed by atoms with Crippen LogP contribution < -0.4 is 4.72 Å². The van der Waals surface area contributed by atoms with Crippen molar-refractivity contribution in [3.8, 4) is 0 Å². The number of sulfonamides is 1. The van der Waals surface area contributed by atoms with Crippen LogP contribution in [0, 0.1) is 6.92 Å². The van der Waals surface area contributed by atoms with Crippen LogP contribution in [0.3, 0.4) is 0 Å². The van der Waals surface area contributed by atoms with Crippen LogP contribution in [0.25, 0.3) is 0 Å². The van der Waals surface area contributed by atoms with Crippen molar-refractivity contribution in [2.75, 3.05) is 7.11 Å². The maximum atomic E-state index is 12.6. The van der Waals surface area contributed by atoms with Crippen LogP contribution >= 0.6 is 11.3 Å². The molecule has 8 heteroatoms. The Kier molecular flexibility index (Phi) is 3.81. The molecule has 2 saturated heterocycles. The number of hydrogen-bond acceptors (Lipinski definition) is 6. The summed E-state index contributed by atoms with van der Waals surface area (Å²) < 4.78 is 38.3. The lowest BCUT2D eigenvalue weighted by Crippen LogP contribution is -2.41. The van der Waals surface area contributed by atoms with Crippen molar-refractivity contribution in [1.82, 2.24) is 4.72 Å².